The van der Waals surface area contributed by atoms with Gasteiger partial charge in [-0.25, -0.2) is 0 Å². The fourth-order valence-corrected chi connectivity index (χ4v) is 1.64. The summed E-state index contributed by atoms with van der Waals surface area (Å²) in [6.45, 7) is 2.10. The number of fused-ring (bicyclic) bond motifs is 2. The predicted molar refractivity (Wildman–Crippen MR) is 72.4 cm³/mol. The van der Waals surface area contributed by atoms with Crippen LogP contribution in [0.15, 0.2) is 42.6 Å². The van der Waals surface area contributed by atoms with Crippen molar-refractivity contribution in [3.8, 4) is 11.5 Å². The van der Waals surface area contributed by atoms with E-state index in [0.29, 0.717) is 0 Å². The Labute approximate surface area is 121 Å². The minimum Gasteiger partial charge on any atom is -0.456 e. The smallest absolute Gasteiger partial charge is 0.423 e. The van der Waals surface area contributed by atoms with Gasteiger partial charge in [-0.3, -0.25) is 4.98 Å². The molecule has 2 aliphatic rings. The van der Waals surface area contributed by atoms with E-state index in [1.807, 2.05) is 24.4 Å². The van der Waals surface area contributed by atoms with Gasteiger partial charge in [-0.1, -0.05) is 19.1 Å². The first-order valence-corrected chi connectivity index (χ1v) is 5.80. The number of benzene rings is 1. The molecule has 2 bridgehead atoms. The molecule has 0 amide bonds. The first kappa shape index (κ1) is 16.3. The highest BCUT2D eigenvalue weighted by molar-refractivity contribution is 5.85. The second kappa shape index (κ2) is 6.61. The molecule has 0 N–H and O–H groups in total. The Kier molecular flexibility index (Phi) is 5.39. The molecule has 1 aromatic carbocycles. The topological polar surface area (TPSA) is 22.1 Å². The molecule has 6 heteroatoms. The molecular weight excluding hydrogens is 291 g/mol. The lowest BCUT2D eigenvalue weighted by Crippen LogP contribution is -2.15. The number of aromatic nitrogens is 1. The molecule has 0 unspecified atom stereocenters. The zero-order valence-corrected chi connectivity index (χ0v) is 11.5. The van der Waals surface area contributed by atoms with Crippen molar-refractivity contribution < 1.29 is 17.9 Å². The van der Waals surface area contributed by atoms with Crippen LogP contribution in [0.3, 0.4) is 0 Å². The van der Waals surface area contributed by atoms with E-state index >= 15 is 0 Å². The van der Waals surface area contributed by atoms with Crippen molar-refractivity contribution in [3.63, 3.8) is 0 Å². The zero-order valence-electron chi connectivity index (χ0n) is 10.6. The normalized spacial score (nSPS) is 11.2. The quantitative estimate of drug-likeness (QED) is 0.639. The number of aryl methyl sites for hydroxylation is 1. The van der Waals surface area contributed by atoms with Crippen molar-refractivity contribution in [2.45, 2.75) is 19.5 Å². The summed E-state index contributed by atoms with van der Waals surface area (Å²) in [5.74, 6) is -0.148. The van der Waals surface area contributed by atoms with E-state index in [0.717, 1.165) is 12.1 Å². The molecule has 0 aliphatic carbocycles. The first-order valence-electron chi connectivity index (χ1n) is 5.80. The van der Waals surface area contributed by atoms with E-state index < -0.39 is 11.7 Å². The second-order valence-electron chi connectivity index (χ2n) is 3.90. The van der Waals surface area contributed by atoms with Gasteiger partial charge in [0.1, 0.15) is 17.1 Å². The van der Waals surface area contributed by atoms with Gasteiger partial charge in [0.25, 0.3) is 0 Å². The molecule has 0 fully saturated rings. The third kappa shape index (κ3) is 3.63. The van der Waals surface area contributed by atoms with Crippen molar-refractivity contribution in [2.75, 3.05) is 0 Å². The molecule has 2 aliphatic heterocycles. The highest BCUT2D eigenvalue weighted by Crippen LogP contribution is 2.50. The summed E-state index contributed by atoms with van der Waals surface area (Å²) in [6.07, 6.45) is -1.43. The van der Waals surface area contributed by atoms with Gasteiger partial charge in [-0.15, -0.1) is 12.4 Å². The average molecular weight is 304 g/mol. The van der Waals surface area contributed by atoms with Crippen LogP contribution in [0.4, 0.5) is 13.2 Å². The largest absolute Gasteiger partial charge is 0.456 e. The molecule has 0 saturated heterocycles. The van der Waals surface area contributed by atoms with Gasteiger partial charge >= 0.3 is 6.18 Å². The molecule has 108 valence electrons. The SMILES string of the molecule is CCc1ccccn1.Cl.FC(F)(F)c1c2cccc1O2. The molecule has 2 nitrogen and oxygen atoms in total. The van der Waals surface area contributed by atoms with Crippen LogP contribution in [0.25, 0.3) is 0 Å². The average Bonchev–Trinajstić information content (AvgIpc) is 2.39. The standard InChI is InChI=1S/C7H3F3O.C7H9N.ClH/c8-7(9,10)6-4-2-1-3-5(6)11-4;1-2-7-5-3-4-6-8-7;/h1-3H;3-6H,2H2,1H3;1H. The summed E-state index contributed by atoms with van der Waals surface area (Å²) in [6, 6.07) is 10.1. The fraction of sp³-hybridized carbons (Fsp3) is 0.214. The van der Waals surface area contributed by atoms with Gasteiger partial charge in [0.05, 0.1) is 0 Å². The number of hydrogen-bond acceptors (Lipinski definition) is 2. The third-order valence-corrected chi connectivity index (χ3v) is 2.58. The Bertz CT molecular complexity index is 538. The number of halogens is 4. The molecular formula is C14H13ClF3NO. The van der Waals surface area contributed by atoms with Crippen LogP contribution in [-0.2, 0) is 12.6 Å². The van der Waals surface area contributed by atoms with Gasteiger partial charge in [0.2, 0.25) is 0 Å². The summed E-state index contributed by atoms with van der Waals surface area (Å²) < 4.78 is 40.7. The Balaban J connectivity index is 0.000000200. The van der Waals surface area contributed by atoms with E-state index in [1.54, 1.807) is 0 Å². The van der Waals surface area contributed by atoms with E-state index in [2.05, 4.69) is 16.6 Å². The van der Waals surface area contributed by atoms with Crippen LogP contribution in [0.5, 0.6) is 11.5 Å². The highest BCUT2D eigenvalue weighted by atomic mass is 35.5. The minimum atomic E-state index is -4.27. The van der Waals surface area contributed by atoms with Gasteiger partial charge in [0.15, 0.2) is 0 Å². The lowest BCUT2D eigenvalue weighted by atomic mass is 10.1. The summed E-state index contributed by atoms with van der Waals surface area (Å²) >= 11 is 0. The van der Waals surface area contributed by atoms with Crippen molar-refractivity contribution in [2.24, 2.45) is 0 Å². The molecule has 3 heterocycles. The van der Waals surface area contributed by atoms with E-state index in [-0.39, 0.29) is 23.9 Å². The summed E-state index contributed by atoms with van der Waals surface area (Å²) in [4.78, 5) is 4.10. The third-order valence-electron chi connectivity index (χ3n) is 2.58. The number of ether oxygens (including phenoxy) is 1. The maximum Gasteiger partial charge on any atom is 0.423 e. The minimum absolute atomic E-state index is 0. The monoisotopic (exact) mass is 303 g/mol. The molecule has 0 atom stereocenters. The van der Waals surface area contributed by atoms with Crippen molar-refractivity contribution in [3.05, 3.63) is 53.9 Å². The maximum absolute atomic E-state index is 12.0. The molecule has 0 spiro atoms. The Morgan fingerprint density at radius 3 is 2.00 bits per heavy atom. The molecule has 4 rings (SSSR count). The Hall–Kier alpha value is -1.75. The van der Waals surface area contributed by atoms with E-state index in [1.165, 1.54) is 18.2 Å². The molecule has 20 heavy (non-hydrogen) atoms. The molecule has 1 aromatic heterocycles. The molecule has 2 aromatic rings. The Morgan fingerprint density at radius 2 is 1.70 bits per heavy atom. The van der Waals surface area contributed by atoms with Crippen LogP contribution >= 0.6 is 12.4 Å². The predicted octanol–water partition coefficient (Wildman–Crippen LogP) is 4.88. The van der Waals surface area contributed by atoms with Gasteiger partial charge in [-0.05, 0) is 30.7 Å². The van der Waals surface area contributed by atoms with Crippen molar-refractivity contribution in [1.29, 1.82) is 0 Å². The van der Waals surface area contributed by atoms with Crippen molar-refractivity contribution >= 4 is 12.4 Å². The maximum atomic E-state index is 12.0. The molecule has 0 radical (unpaired) electrons. The zero-order chi connectivity index (χ0) is 13.9. The van der Waals surface area contributed by atoms with Gasteiger partial charge in [0, 0.05) is 11.9 Å². The van der Waals surface area contributed by atoms with Gasteiger partial charge < -0.3 is 4.74 Å². The van der Waals surface area contributed by atoms with E-state index in [9.17, 15) is 13.2 Å². The Morgan fingerprint density at radius 1 is 1.05 bits per heavy atom. The molecule has 0 saturated carbocycles. The van der Waals surface area contributed by atoms with Crippen LogP contribution < -0.4 is 4.74 Å². The second-order valence-corrected chi connectivity index (χ2v) is 3.90. The lowest BCUT2D eigenvalue weighted by Gasteiger charge is -2.24. The number of rotatable bonds is 1. The van der Waals surface area contributed by atoms with Crippen LogP contribution in [0.2, 0.25) is 0 Å². The summed E-state index contributed by atoms with van der Waals surface area (Å²) in [7, 11) is 0. The lowest BCUT2D eigenvalue weighted by molar-refractivity contribution is -0.143. The van der Waals surface area contributed by atoms with Crippen LogP contribution in [-0.4, -0.2) is 4.98 Å². The van der Waals surface area contributed by atoms with Crippen LogP contribution in [0.1, 0.15) is 18.2 Å². The highest BCUT2D eigenvalue weighted by Gasteiger charge is 2.43. The number of nitrogens with zero attached hydrogens (tertiary/aromatic N) is 1. The fourth-order valence-electron chi connectivity index (χ4n) is 1.64. The number of pyridine rings is 1. The van der Waals surface area contributed by atoms with Crippen LogP contribution in [0, 0.1) is 0 Å². The van der Waals surface area contributed by atoms with E-state index in [4.69, 9.17) is 0 Å². The number of alkyl halides is 3. The number of hydrogen-bond donors (Lipinski definition) is 0. The van der Waals surface area contributed by atoms with Gasteiger partial charge in [-0.2, -0.15) is 13.2 Å². The van der Waals surface area contributed by atoms with Crippen molar-refractivity contribution in [1.82, 2.24) is 4.98 Å². The first-order chi connectivity index (χ1) is 9.02. The summed E-state index contributed by atoms with van der Waals surface area (Å²) in [5.41, 5.74) is 0.521. The summed E-state index contributed by atoms with van der Waals surface area (Å²) in [5, 5.41) is 0.